The Labute approximate surface area is 138 Å². The summed E-state index contributed by atoms with van der Waals surface area (Å²) in [6.45, 7) is 1.33. The lowest BCUT2D eigenvalue weighted by atomic mass is 10.2. The van der Waals surface area contributed by atoms with Crippen molar-refractivity contribution >= 4 is 23.8 Å². The van der Waals surface area contributed by atoms with Crippen LogP contribution >= 0.6 is 0 Å². The lowest BCUT2D eigenvalue weighted by Gasteiger charge is -2.07. The van der Waals surface area contributed by atoms with Crippen molar-refractivity contribution in [3.05, 3.63) is 35.5 Å². The van der Waals surface area contributed by atoms with Gasteiger partial charge in [0.05, 0.1) is 26.6 Å². The molecule has 0 bridgehead atoms. The third-order valence-corrected chi connectivity index (χ3v) is 2.97. The molecular formula is C15H17N5O4. The molecule has 0 saturated heterocycles. The van der Waals surface area contributed by atoms with Gasteiger partial charge in [0, 0.05) is 6.92 Å². The molecular weight excluding hydrogens is 314 g/mol. The molecule has 0 aliphatic carbocycles. The highest BCUT2D eigenvalue weighted by molar-refractivity contribution is 6.02. The predicted molar refractivity (Wildman–Crippen MR) is 87.5 cm³/mol. The van der Waals surface area contributed by atoms with E-state index in [1.165, 1.54) is 26.4 Å². The number of hydrogen-bond acceptors (Lipinski definition) is 6. The van der Waals surface area contributed by atoms with E-state index in [-0.39, 0.29) is 17.3 Å². The first-order chi connectivity index (χ1) is 11.5. The van der Waals surface area contributed by atoms with E-state index in [0.29, 0.717) is 17.1 Å². The van der Waals surface area contributed by atoms with Crippen LogP contribution in [0.2, 0.25) is 0 Å². The maximum Gasteiger partial charge on any atom is 0.276 e. The second-order valence-electron chi connectivity index (χ2n) is 4.65. The molecule has 0 spiro atoms. The molecule has 2 aromatic rings. The van der Waals surface area contributed by atoms with Crippen molar-refractivity contribution in [2.45, 2.75) is 6.92 Å². The molecule has 0 atom stereocenters. The minimum Gasteiger partial charge on any atom is -0.493 e. The first kappa shape index (κ1) is 17.0. The number of benzene rings is 1. The summed E-state index contributed by atoms with van der Waals surface area (Å²) < 4.78 is 10.3. The number of hydrogen-bond donors (Lipinski definition) is 3. The van der Waals surface area contributed by atoms with Gasteiger partial charge < -0.3 is 14.8 Å². The van der Waals surface area contributed by atoms with Crippen LogP contribution in [0.15, 0.2) is 29.5 Å². The molecule has 24 heavy (non-hydrogen) atoms. The van der Waals surface area contributed by atoms with Crippen LogP contribution < -0.4 is 20.2 Å². The van der Waals surface area contributed by atoms with Gasteiger partial charge in [0.25, 0.3) is 5.91 Å². The Hall–Kier alpha value is -3.36. The van der Waals surface area contributed by atoms with Crippen LogP contribution in [0.4, 0.5) is 5.82 Å². The van der Waals surface area contributed by atoms with E-state index in [1.807, 2.05) is 0 Å². The highest BCUT2D eigenvalue weighted by Crippen LogP contribution is 2.26. The van der Waals surface area contributed by atoms with E-state index in [1.54, 1.807) is 25.3 Å². The number of H-pyrrole nitrogens is 1. The number of aromatic amines is 1. The summed E-state index contributed by atoms with van der Waals surface area (Å²) in [6, 6.07) is 5.21. The quantitative estimate of drug-likeness (QED) is 0.542. The van der Waals surface area contributed by atoms with E-state index in [0.717, 1.165) is 0 Å². The molecule has 9 nitrogen and oxygen atoms in total. The molecule has 1 aromatic heterocycles. The monoisotopic (exact) mass is 331 g/mol. The van der Waals surface area contributed by atoms with Gasteiger partial charge in [0.1, 0.15) is 11.4 Å². The molecule has 0 aliphatic heterocycles. The Morgan fingerprint density at radius 2 is 2.00 bits per heavy atom. The third kappa shape index (κ3) is 4.09. The van der Waals surface area contributed by atoms with Crippen molar-refractivity contribution in [2.24, 2.45) is 5.10 Å². The molecule has 1 heterocycles. The second kappa shape index (κ2) is 7.77. The second-order valence-corrected chi connectivity index (χ2v) is 4.65. The SMILES string of the molecule is COc1ccc(/C=N/NC(=O)c2cn[nH]c2NC(C)=O)cc1OC. The average Bonchev–Trinajstić information content (AvgIpc) is 3.02. The minimum atomic E-state index is -0.510. The number of carbonyl (C=O) groups excluding carboxylic acids is 2. The molecule has 0 radical (unpaired) electrons. The highest BCUT2D eigenvalue weighted by Gasteiger charge is 2.14. The molecule has 0 aliphatic rings. The number of rotatable bonds is 6. The lowest BCUT2D eigenvalue weighted by molar-refractivity contribution is -0.114. The lowest BCUT2D eigenvalue weighted by Crippen LogP contribution is -2.19. The first-order valence-electron chi connectivity index (χ1n) is 6.91. The summed E-state index contributed by atoms with van der Waals surface area (Å²) in [5.74, 6) is 0.528. The summed E-state index contributed by atoms with van der Waals surface area (Å²) in [5.41, 5.74) is 3.25. The van der Waals surface area contributed by atoms with Gasteiger partial charge in [-0.05, 0) is 23.8 Å². The summed E-state index contributed by atoms with van der Waals surface area (Å²) in [6.07, 6.45) is 2.75. The fourth-order valence-electron chi connectivity index (χ4n) is 1.89. The first-order valence-corrected chi connectivity index (χ1v) is 6.91. The van der Waals surface area contributed by atoms with Crippen molar-refractivity contribution in [1.29, 1.82) is 0 Å². The Balaban J connectivity index is 2.05. The number of carbonyl (C=O) groups is 2. The summed E-state index contributed by atoms with van der Waals surface area (Å²) in [7, 11) is 3.08. The zero-order chi connectivity index (χ0) is 17.5. The number of amides is 2. The maximum absolute atomic E-state index is 12.0. The zero-order valence-electron chi connectivity index (χ0n) is 13.4. The standard InChI is InChI=1S/C15H17N5O4/c1-9(21)18-14-11(8-17-19-14)15(22)20-16-7-10-4-5-12(23-2)13(6-10)24-3/h4-8H,1-3H3,(H,20,22)(H2,17,18,19,21)/b16-7+. The van der Waals surface area contributed by atoms with E-state index >= 15 is 0 Å². The summed E-state index contributed by atoms with van der Waals surface area (Å²) in [5, 5.41) is 12.6. The van der Waals surface area contributed by atoms with Crippen molar-refractivity contribution in [1.82, 2.24) is 15.6 Å². The Bertz CT molecular complexity index is 769. The Morgan fingerprint density at radius 3 is 2.67 bits per heavy atom. The summed E-state index contributed by atoms with van der Waals surface area (Å²) >= 11 is 0. The van der Waals surface area contributed by atoms with Crippen molar-refractivity contribution in [3.8, 4) is 11.5 Å². The number of nitrogens with zero attached hydrogens (tertiary/aromatic N) is 2. The topological polar surface area (TPSA) is 118 Å². The smallest absolute Gasteiger partial charge is 0.276 e. The third-order valence-electron chi connectivity index (χ3n) is 2.97. The molecule has 126 valence electrons. The largest absolute Gasteiger partial charge is 0.493 e. The normalized spacial score (nSPS) is 10.5. The van der Waals surface area contributed by atoms with Crippen LogP contribution in [0.5, 0.6) is 11.5 Å². The van der Waals surface area contributed by atoms with Crippen LogP contribution in [0.25, 0.3) is 0 Å². The van der Waals surface area contributed by atoms with Crippen LogP contribution in [0, 0.1) is 0 Å². The Morgan fingerprint density at radius 1 is 1.25 bits per heavy atom. The van der Waals surface area contributed by atoms with Gasteiger partial charge in [-0.25, -0.2) is 5.43 Å². The zero-order valence-corrected chi connectivity index (χ0v) is 13.4. The van der Waals surface area contributed by atoms with Crippen molar-refractivity contribution in [2.75, 3.05) is 19.5 Å². The summed E-state index contributed by atoms with van der Waals surface area (Å²) in [4.78, 5) is 23.1. The number of hydrazone groups is 1. The van der Waals surface area contributed by atoms with Crippen LogP contribution in [0.1, 0.15) is 22.8 Å². The fourth-order valence-corrected chi connectivity index (χ4v) is 1.89. The van der Waals surface area contributed by atoms with Gasteiger partial charge in [0.15, 0.2) is 11.5 Å². The Kier molecular flexibility index (Phi) is 5.50. The highest BCUT2D eigenvalue weighted by atomic mass is 16.5. The minimum absolute atomic E-state index is 0.176. The molecule has 3 N–H and O–H groups in total. The molecule has 2 rings (SSSR count). The van der Waals surface area contributed by atoms with Gasteiger partial charge in [-0.1, -0.05) is 0 Å². The van der Waals surface area contributed by atoms with E-state index in [2.05, 4.69) is 26.0 Å². The molecule has 0 saturated carbocycles. The van der Waals surface area contributed by atoms with Crippen molar-refractivity contribution in [3.63, 3.8) is 0 Å². The molecule has 2 amide bonds. The van der Waals surface area contributed by atoms with E-state index in [4.69, 9.17) is 9.47 Å². The number of aromatic nitrogens is 2. The molecule has 9 heteroatoms. The number of ether oxygens (including phenoxy) is 2. The predicted octanol–water partition coefficient (Wildman–Crippen LogP) is 1.15. The van der Waals surface area contributed by atoms with Gasteiger partial charge in [0.2, 0.25) is 5.91 Å². The van der Waals surface area contributed by atoms with Crippen molar-refractivity contribution < 1.29 is 19.1 Å². The van der Waals surface area contributed by atoms with Gasteiger partial charge >= 0.3 is 0 Å². The molecule has 0 fully saturated rings. The van der Waals surface area contributed by atoms with Crippen LogP contribution in [-0.4, -0.2) is 42.4 Å². The van der Waals surface area contributed by atoms with E-state index < -0.39 is 5.91 Å². The van der Waals surface area contributed by atoms with Gasteiger partial charge in [-0.15, -0.1) is 0 Å². The van der Waals surface area contributed by atoms with Crippen LogP contribution in [-0.2, 0) is 4.79 Å². The van der Waals surface area contributed by atoms with Crippen LogP contribution in [0.3, 0.4) is 0 Å². The maximum atomic E-state index is 12.0. The number of nitrogens with one attached hydrogen (secondary N) is 3. The molecule has 1 aromatic carbocycles. The van der Waals surface area contributed by atoms with Gasteiger partial charge in [-0.3, -0.25) is 14.7 Å². The molecule has 0 unspecified atom stereocenters. The van der Waals surface area contributed by atoms with Gasteiger partial charge in [-0.2, -0.15) is 10.2 Å². The number of methoxy groups -OCH3 is 2. The average molecular weight is 331 g/mol. The number of anilines is 1. The van der Waals surface area contributed by atoms with E-state index in [9.17, 15) is 9.59 Å². The fraction of sp³-hybridized carbons (Fsp3) is 0.200.